The molecule has 7 heteroatoms. The first-order valence-corrected chi connectivity index (χ1v) is 23.6. The van der Waals surface area contributed by atoms with Crippen LogP contribution in [0.2, 0.25) is 0 Å². The third-order valence-corrected chi connectivity index (χ3v) is 18.6. The number of benzene rings is 2. The van der Waals surface area contributed by atoms with Crippen LogP contribution in [0.4, 0.5) is 0 Å². The molecule has 0 radical (unpaired) electrons. The van der Waals surface area contributed by atoms with Gasteiger partial charge < -0.3 is 0 Å². The Morgan fingerprint density at radius 2 is 0.961 bits per heavy atom. The molecule has 0 aliphatic heterocycles. The number of halogens is 2. The summed E-state index contributed by atoms with van der Waals surface area (Å²) < 4.78 is 8.63. The van der Waals surface area contributed by atoms with Crippen molar-refractivity contribution < 1.29 is 16.2 Å². The number of imidazole rings is 1. The van der Waals surface area contributed by atoms with Crippen molar-refractivity contribution in [2.24, 2.45) is 0 Å². The molecule has 2 aromatic carbocycles. The quantitative estimate of drug-likeness (QED) is 0.135. The molecule has 2 heterocycles. The Morgan fingerprint density at radius 1 is 0.588 bits per heavy atom. The first-order valence-electron chi connectivity index (χ1n) is 19.3. The Labute approximate surface area is 334 Å². The first kappa shape index (κ1) is 42.6. The van der Waals surface area contributed by atoms with Crippen LogP contribution in [-0.2, 0) is 16.2 Å². The monoisotopic (exact) mass is 854 g/mol. The van der Waals surface area contributed by atoms with Crippen LogP contribution in [0.25, 0.3) is 11.4 Å². The maximum atomic E-state index is 2.43. The van der Waals surface area contributed by atoms with Crippen molar-refractivity contribution in [2.75, 3.05) is 0 Å². The molecule has 0 unspecified atom stereocenters. The van der Waals surface area contributed by atoms with Gasteiger partial charge in [-0.1, -0.05) is 65.7 Å². The Hall–Kier alpha value is -1.15. The number of rotatable bonds is 6. The van der Waals surface area contributed by atoms with Crippen molar-refractivity contribution in [1.29, 1.82) is 0 Å². The fraction of sp³-hybridized carbons (Fsp3) is 0.545. The average Bonchev–Trinajstić information content (AvgIpc) is 3.75. The van der Waals surface area contributed by atoms with E-state index >= 15 is 0 Å². The third-order valence-electron chi connectivity index (χ3n) is 11.3. The van der Waals surface area contributed by atoms with Crippen molar-refractivity contribution in [3.8, 4) is 11.4 Å². The summed E-state index contributed by atoms with van der Waals surface area (Å²) in [5.74, 6) is 0. The van der Waals surface area contributed by atoms with Gasteiger partial charge in [-0.3, -0.25) is 0 Å². The van der Waals surface area contributed by atoms with Crippen LogP contribution in [0, 0.1) is 45.6 Å². The molecule has 3 aliphatic rings. The molecule has 0 spiro atoms. The van der Waals surface area contributed by atoms with Gasteiger partial charge >= 0.3 is 191 Å². The minimum atomic E-state index is -0.119. The number of hydrogen-bond donors (Lipinski definition) is 0. The van der Waals surface area contributed by atoms with Crippen LogP contribution in [0.5, 0.6) is 0 Å². The van der Waals surface area contributed by atoms with Gasteiger partial charge in [-0.25, -0.2) is 0 Å². The van der Waals surface area contributed by atoms with Crippen LogP contribution >= 0.6 is 44.1 Å². The average molecular weight is 855 g/mol. The van der Waals surface area contributed by atoms with Crippen LogP contribution in [0.1, 0.15) is 135 Å². The zero-order chi connectivity index (χ0) is 34.3. The van der Waals surface area contributed by atoms with Gasteiger partial charge in [0.25, 0.3) is 0 Å². The number of hydrogen-bond acceptors (Lipinski definition) is 1. The van der Waals surface area contributed by atoms with E-state index in [0.29, 0.717) is 7.92 Å². The molecule has 2 aromatic heterocycles. The van der Waals surface area contributed by atoms with E-state index in [1.54, 1.807) is 77.0 Å². The Kier molecular flexibility index (Phi) is 17.1. The molecule has 0 amide bonds. The van der Waals surface area contributed by atoms with Crippen LogP contribution in [0.3, 0.4) is 0 Å². The second kappa shape index (κ2) is 20.5. The minimum absolute atomic E-state index is 0. The molecular formula is C44H63Cl2N2PRuS. The summed E-state index contributed by atoms with van der Waals surface area (Å²) in [6.07, 6.45) is 28.1. The predicted molar refractivity (Wildman–Crippen MR) is 228 cm³/mol. The fourth-order valence-corrected chi connectivity index (χ4v) is 16.9. The fourth-order valence-electron chi connectivity index (χ4n) is 9.38. The van der Waals surface area contributed by atoms with Gasteiger partial charge in [0.1, 0.15) is 0 Å². The summed E-state index contributed by atoms with van der Waals surface area (Å²) in [7, 11) is 0.385. The molecule has 3 aliphatic carbocycles. The standard InChI is InChI=1S/C21H24N2.C18H33P.C5H4S.2ClH.Ru/c1-14-9-16(3)20(17(4)10-14)22-7-8-23(13-22)21-18(5)11-15(2)12-19(21)6;1-4-10-16(11-5-1)19(17-12-6-2-7-13-17)18-14-8-3-9-15-18;1-5-3-2-4-6-5;;;/h7-12H,1-6H3;16-18H,1-15H2;1-4H;2*1H;. The molecule has 282 valence electrons. The molecule has 4 aromatic rings. The second-order valence-corrected chi connectivity index (χ2v) is 21.2. The zero-order valence-electron chi connectivity index (χ0n) is 32.0. The number of aromatic nitrogens is 2. The Balaban J connectivity index is 0.000000241. The molecule has 0 bridgehead atoms. The maximum absolute atomic E-state index is 2.43. The molecule has 51 heavy (non-hydrogen) atoms. The Bertz CT molecular complexity index is 1620. The zero-order valence-corrected chi connectivity index (χ0v) is 37.1. The summed E-state index contributed by atoms with van der Waals surface area (Å²) in [6, 6.07) is 13.5. The van der Waals surface area contributed by atoms with E-state index in [1.807, 2.05) is 11.3 Å². The summed E-state index contributed by atoms with van der Waals surface area (Å²) in [4.78, 5) is 1.35. The first-order chi connectivity index (χ1) is 23.8. The van der Waals surface area contributed by atoms with E-state index in [1.165, 1.54) is 89.9 Å². The van der Waals surface area contributed by atoms with E-state index in [-0.39, 0.29) is 41.0 Å². The van der Waals surface area contributed by atoms with E-state index in [2.05, 4.69) is 109 Å². The molecule has 0 N–H and O–H groups in total. The normalized spacial score (nSPS) is 17.3. The predicted octanol–water partition coefficient (Wildman–Crippen LogP) is 14.0. The van der Waals surface area contributed by atoms with Crippen molar-refractivity contribution >= 4 is 48.7 Å². The number of thiophene rings is 1. The molecule has 3 fully saturated rings. The van der Waals surface area contributed by atoms with Crippen molar-refractivity contribution in [1.82, 2.24) is 9.13 Å². The summed E-state index contributed by atoms with van der Waals surface area (Å²) in [5, 5.41) is 2.15. The largest absolute Gasteiger partial charge is 0.147 e. The van der Waals surface area contributed by atoms with Crippen LogP contribution in [0.15, 0.2) is 54.2 Å². The minimum Gasteiger partial charge on any atom is -0.147 e. The van der Waals surface area contributed by atoms with Crippen molar-refractivity contribution in [2.45, 2.75) is 155 Å². The molecule has 0 saturated heterocycles. The van der Waals surface area contributed by atoms with Crippen LogP contribution in [-0.4, -0.2) is 30.7 Å². The smallest absolute Gasteiger partial charge is 0.147 e. The van der Waals surface area contributed by atoms with E-state index in [9.17, 15) is 0 Å². The molecular weight excluding hydrogens is 792 g/mol. The number of nitrogens with zero attached hydrogens (tertiary/aromatic N) is 2. The van der Waals surface area contributed by atoms with Gasteiger partial charge in [0, 0.05) is 0 Å². The maximum Gasteiger partial charge on any atom is -0.147 e. The molecule has 7 rings (SSSR count). The summed E-state index contributed by atoms with van der Waals surface area (Å²) >= 11 is 1.69. The summed E-state index contributed by atoms with van der Waals surface area (Å²) in [5.41, 5.74) is 14.1. The SMILES string of the molecule is C1CCC(P(C2CCCCC2)C2CCCCC2)CC1.Cc1cc(C)c(-n2ccn(-c3c(C)cc(C)cc3C)[c]2=[Ru]=[CH]c2cccs2)c(C)c1.Cl.Cl. The van der Waals surface area contributed by atoms with Crippen molar-refractivity contribution in [3.63, 3.8) is 0 Å². The molecule has 3 saturated carbocycles. The van der Waals surface area contributed by atoms with E-state index < -0.39 is 0 Å². The van der Waals surface area contributed by atoms with Crippen molar-refractivity contribution in [3.05, 3.63) is 96.4 Å². The second-order valence-electron chi connectivity index (χ2n) is 15.3. The summed E-state index contributed by atoms with van der Waals surface area (Å²) in [6.45, 7) is 13.3. The molecule has 2 nitrogen and oxygen atoms in total. The Morgan fingerprint density at radius 3 is 1.29 bits per heavy atom. The topological polar surface area (TPSA) is 9.86 Å². The van der Waals surface area contributed by atoms with Gasteiger partial charge in [0.05, 0.1) is 0 Å². The van der Waals surface area contributed by atoms with Gasteiger partial charge in [0.15, 0.2) is 0 Å². The van der Waals surface area contributed by atoms with Crippen LogP contribution < -0.4 is 0 Å². The van der Waals surface area contributed by atoms with E-state index in [0.717, 1.165) is 0 Å². The third kappa shape index (κ3) is 10.8. The number of aryl methyl sites for hydroxylation is 6. The molecule has 0 atom stereocenters. The van der Waals surface area contributed by atoms with Gasteiger partial charge in [-0.2, -0.15) is 0 Å². The van der Waals surface area contributed by atoms with Gasteiger partial charge in [0.2, 0.25) is 0 Å². The van der Waals surface area contributed by atoms with Gasteiger partial charge in [-0.05, 0) is 55.5 Å². The van der Waals surface area contributed by atoms with E-state index in [4.69, 9.17) is 0 Å². The van der Waals surface area contributed by atoms with Gasteiger partial charge in [-0.15, -0.1) is 24.8 Å².